The van der Waals surface area contributed by atoms with E-state index in [-0.39, 0.29) is 29.8 Å². The summed E-state index contributed by atoms with van der Waals surface area (Å²) in [5, 5.41) is 5.86. The van der Waals surface area contributed by atoms with E-state index in [9.17, 15) is 14.0 Å². The number of halogens is 1. The van der Waals surface area contributed by atoms with Crippen molar-refractivity contribution < 1.29 is 9.18 Å². The number of amides is 1. The Hall–Kier alpha value is -3.48. The first kappa shape index (κ1) is 20.3. The fourth-order valence-electron chi connectivity index (χ4n) is 2.92. The van der Waals surface area contributed by atoms with Crippen molar-refractivity contribution in [2.24, 2.45) is 0 Å². The maximum atomic E-state index is 13.5. The zero-order valence-electron chi connectivity index (χ0n) is 16.8. The molecule has 3 aromatic rings. The molecule has 2 N–H and O–H groups in total. The minimum Gasteiger partial charge on any atom is -0.326 e. The Morgan fingerprint density at radius 1 is 1.03 bits per heavy atom. The van der Waals surface area contributed by atoms with E-state index in [0.717, 1.165) is 11.1 Å². The lowest BCUT2D eigenvalue weighted by atomic mass is 10.1. The zero-order valence-corrected chi connectivity index (χ0v) is 16.8. The molecule has 150 valence electrons. The van der Waals surface area contributed by atoms with Gasteiger partial charge in [0, 0.05) is 23.1 Å². The van der Waals surface area contributed by atoms with Gasteiger partial charge in [0.25, 0.3) is 5.56 Å². The monoisotopic (exact) mass is 394 g/mol. The third kappa shape index (κ3) is 4.87. The molecule has 0 aliphatic carbocycles. The van der Waals surface area contributed by atoms with E-state index in [0.29, 0.717) is 22.6 Å². The second kappa shape index (κ2) is 8.26. The Morgan fingerprint density at radius 3 is 2.52 bits per heavy atom. The van der Waals surface area contributed by atoms with Gasteiger partial charge in [0.05, 0.1) is 0 Å². The Bertz CT molecular complexity index is 1140. The number of anilines is 3. The average Bonchev–Trinajstić information content (AvgIpc) is 2.64. The van der Waals surface area contributed by atoms with Crippen LogP contribution in [-0.2, 0) is 11.3 Å². The molecule has 1 heterocycles. The number of aromatic nitrogens is 2. The van der Waals surface area contributed by atoms with Crippen LogP contribution in [0.1, 0.15) is 22.4 Å². The van der Waals surface area contributed by atoms with Crippen LogP contribution in [0.25, 0.3) is 0 Å². The number of benzene rings is 2. The van der Waals surface area contributed by atoms with Crippen LogP contribution in [0, 0.1) is 33.5 Å². The minimum atomic E-state index is -0.352. The van der Waals surface area contributed by atoms with Gasteiger partial charge in [-0.1, -0.05) is 12.1 Å². The summed E-state index contributed by atoms with van der Waals surface area (Å²) in [6.07, 6.45) is 0. The van der Waals surface area contributed by atoms with Gasteiger partial charge in [-0.25, -0.2) is 9.37 Å². The Balaban J connectivity index is 1.88. The molecule has 3 rings (SSSR count). The predicted molar refractivity (Wildman–Crippen MR) is 112 cm³/mol. The van der Waals surface area contributed by atoms with Crippen molar-refractivity contribution in [2.45, 2.75) is 34.2 Å². The van der Waals surface area contributed by atoms with Crippen LogP contribution in [-0.4, -0.2) is 15.5 Å². The molecule has 0 spiro atoms. The van der Waals surface area contributed by atoms with Crippen molar-refractivity contribution >= 4 is 23.2 Å². The van der Waals surface area contributed by atoms with Crippen LogP contribution < -0.4 is 16.2 Å². The van der Waals surface area contributed by atoms with Crippen molar-refractivity contribution in [3.05, 3.63) is 81.0 Å². The molecule has 2 aromatic carbocycles. The standard InChI is InChI=1S/C22H23FN4O2/c1-13-5-6-14(2)19(9-13)26-20(28)12-27-21(29)11-16(4)24-22(27)25-17-7-8-18(23)15(3)10-17/h5-11H,12H2,1-4H3,(H,24,25)(H,26,28). The molecule has 0 saturated carbocycles. The van der Waals surface area contributed by atoms with Crippen LogP contribution in [0.4, 0.5) is 21.7 Å². The molecule has 0 radical (unpaired) electrons. The molecule has 0 saturated heterocycles. The molecule has 0 fully saturated rings. The molecule has 29 heavy (non-hydrogen) atoms. The molecule has 0 unspecified atom stereocenters. The number of carbonyl (C=O) groups is 1. The topological polar surface area (TPSA) is 76.0 Å². The fourth-order valence-corrected chi connectivity index (χ4v) is 2.92. The Kier molecular flexibility index (Phi) is 5.77. The lowest BCUT2D eigenvalue weighted by molar-refractivity contribution is -0.116. The number of aryl methyl sites for hydroxylation is 4. The molecule has 0 atom stereocenters. The highest BCUT2D eigenvalue weighted by Gasteiger charge is 2.13. The van der Waals surface area contributed by atoms with Crippen molar-refractivity contribution in [1.29, 1.82) is 0 Å². The van der Waals surface area contributed by atoms with Crippen molar-refractivity contribution in [1.82, 2.24) is 9.55 Å². The van der Waals surface area contributed by atoms with Gasteiger partial charge in [-0.15, -0.1) is 0 Å². The Morgan fingerprint density at radius 2 is 1.79 bits per heavy atom. The van der Waals surface area contributed by atoms with Gasteiger partial charge in [0.2, 0.25) is 11.9 Å². The number of hydrogen-bond acceptors (Lipinski definition) is 4. The van der Waals surface area contributed by atoms with Crippen molar-refractivity contribution in [2.75, 3.05) is 10.6 Å². The third-order valence-electron chi connectivity index (χ3n) is 4.52. The molecular weight excluding hydrogens is 371 g/mol. The van der Waals surface area contributed by atoms with Crippen LogP contribution in [0.15, 0.2) is 47.3 Å². The smallest absolute Gasteiger partial charge is 0.255 e. The SMILES string of the molecule is Cc1ccc(C)c(NC(=O)Cn2c(Nc3ccc(F)c(C)c3)nc(C)cc2=O)c1. The minimum absolute atomic E-state index is 0.206. The van der Waals surface area contributed by atoms with E-state index >= 15 is 0 Å². The highest BCUT2D eigenvalue weighted by molar-refractivity contribution is 5.91. The summed E-state index contributed by atoms with van der Waals surface area (Å²) in [4.78, 5) is 29.5. The second-order valence-electron chi connectivity index (χ2n) is 7.10. The van der Waals surface area contributed by atoms with E-state index in [2.05, 4.69) is 15.6 Å². The summed E-state index contributed by atoms with van der Waals surface area (Å²) >= 11 is 0. The lowest BCUT2D eigenvalue weighted by Gasteiger charge is -2.15. The van der Waals surface area contributed by atoms with Crippen LogP contribution in [0.5, 0.6) is 0 Å². The summed E-state index contributed by atoms with van der Waals surface area (Å²) in [7, 11) is 0. The average molecular weight is 394 g/mol. The van der Waals surface area contributed by atoms with Crippen LogP contribution in [0.2, 0.25) is 0 Å². The lowest BCUT2D eigenvalue weighted by Crippen LogP contribution is -2.30. The van der Waals surface area contributed by atoms with Gasteiger partial charge in [-0.2, -0.15) is 0 Å². The summed E-state index contributed by atoms with van der Waals surface area (Å²) < 4.78 is 14.8. The first-order valence-corrected chi connectivity index (χ1v) is 9.21. The van der Waals surface area contributed by atoms with Crippen molar-refractivity contribution in [3.63, 3.8) is 0 Å². The summed E-state index contributed by atoms with van der Waals surface area (Å²) in [5.74, 6) is -0.444. The van der Waals surface area contributed by atoms with E-state index in [4.69, 9.17) is 0 Å². The van der Waals surface area contributed by atoms with Gasteiger partial charge in [-0.05, 0) is 68.7 Å². The van der Waals surface area contributed by atoms with Crippen LogP contribution >= 0.6 is 0 Å². The van der Waals surface area contributed by atoms with Gasteiger partial charge in [-0.3, -0.25) is 14.2 Å². The largest absolute Gasteiger partial charge is 0.326 e. The van der Waals surface area contributed by atoms with Gasteiger partial charge in [0.1, 0.15) is 12.4 Å². The number of rotatable bonds is 5. The van der Waals surface area contributed by atoms with Gasteiger partial charge < -0.3 is 10.6 Å². The number of carbonyl (C=O) groups excluding carboxylic acids is 1. The maximum absolute atomic E-state index is 13.5. The molecule has 1 aromatic heterocycles. The van der Waals surface area contributed by atoms with Crippen molar-refractivity contribution in [3.8, 4) is 0 Å². The first-order valence-electron chi connectivity index (χ1n) is 9.21. The highest BCUT2D eigenvalue weighted by atomic mass is 19.1. The predicted octanol–water partition coefficient (Wildman–Crippen LogP) is 4.00. The third-order valence-corrected chi connectivity index (χ3v) is 4.52. The first-order chi connectivity index (χ1) is 13.7. The molecule has 7 heteroatoms. The van der Waals surface area contributed by atoms with E-state index in [1.165, 1.54) is 16.7 Å². The molecule has 6 nitrogen and oxygen atoms in total. The normalized spacial score (nSPS) is 10.7. The maximum Gasteiger partial charge on any atom is 0.255 e. The quantitative estimate of drug-likeness (QED) is 0.686. The molecule has 0 bridgehead atoms. The summed E-state index contributed by atoms with van der Waals surface area (Å²) in [6, 6.07) is 11.6. The summed E-state index contributed by atoms with van der Waals surface area (Å²) in [6.45, 7) is 6.98. The van der Waals surface area contributed by atoms with E-state index < -0.39 is 0 Å². The Labute approximate surface area is 168 Å². The van der Waals surface area contributed by atoms with E-state index in [1.54, 1.807) is 26.0 Å². The van der Waals surface area contributed by atoms with Crippen LogP contribution in [0.3, 0.4) is 0 Å². The molecule has 1 amide bonds. The molecule has 0 aliphatic heterocycles. The molecule has 0 aliphatic rings. The van der Waals surface area contributed by atoms with Gasteiger partial charge in [0.15, 0.2) is 0 Å². The van der Waals surface area contributed by atoms with E-state index in [1.807, 2.05) is 32.0 Å². The number of nitrogens with one attached hydrogen (secondary N) is 2. The molecular formula is C22H23FN4O2. The van der Waals surface area contributed by atoms with Gasteiger partial charge >= 0.3 is 0 Å². The zero-order chi connectivity index (χ0) is 21.1. The fraction of sp³-hybridized carbons (Fsp3) is 0.227. The number of hydrogen-bond donors (Lipinski definition) is 2. The summed E-state index contributed by atoms with van der Waals surface area (Å²) in [5.41, 5.74) is 3.85. The highest BCUT2D eigenvalue weighted by Crippen LogP contribution is 2.19. The number of nitrogens with zero attached hydrogens (tertiary/aromatic N) is 2. The second-order valence-corrected chi connectivity index (χ2v) is 7.10.